The molecule has 1 aromatic heterocycles. The Kier molecular flexibility index (Phi) is 2.91. The molecule has 4 nitrogen and oxygen atoms in total. The summed E-state index contributed by atoms with van der Waals surface area (Å²) in [5, 5.41) is 3.88. The van der Waals surface area contributed by atoms with E-state index in [2.05, 4.69) is 5.16 Å². The first kappa shape index (κ1) is 12.3. The van der Waals surface area contributed by atoms with Crippen molar-refractivity contribution in [3.8, 4) is 11.3 Å². The SMILES string of the molecule is CC1=CC(=O)C(c2cc(-c3ccccc3)on2)=CC1=O. The average Bonchev–Trinajstić information content (AvgIpc) is 2.93. The van der Waals surface area contributed by atoms with Crippen LogP contribution in [-0.2, 0) is 9.59 Å². The monoisotopic (exact) mass is 265 g/mol. The fourth-order valence-corrected chi connectivity index (χ4v) is 2.00. The Morgan fingerprint density at radius 2 is 1.75 bits per heavy atom. The minimum atomic E-state index is -0.227. The molecular formula is C16H11NO3. The van der Waals surface area contributed by atoms with Gasteiger partial charge in [0.15, 0.2) is 17.3 Å². The molecule has 0 saturated carbocycles. The van der Waals surface area contributed by atoms with Gasteiger partial charge in [-0.1, -0.05) is 35.5 Å². The second-order valence-electron chi connectivity index (χ2n) is 4.56. The normalized spacial score (nSPS) is 15.1. The third kappa shape index (κ3) is 2.12. The summed E-state index contributed by atoms with van der Waals surface area (Å²) in [6.45, 7) is 1.62. The zero-order chi connectivity index (χ0) is 14.1. The summed E-state index contributed by atoms with van der Waals surface area (Å²) in [5.41, 5.74) is 1.95. The molecule has 0 bridgehead atoms. The second-order valence-corrected chi connectivity index (χ2v) is 4.56. The number of benzene rings is 1. The Bertz CT molecular complexity index is 751. The summed E-state index contributed by atoms with van der Waals surface area (Å²) in [5.74, 6) is 0.159. The van der Waals surface area contributed by atoms with Crippen LogP contribution in [0.25, 0.3) is 16.9 Å². The van der Waals surface area contributed by atoms with E-state index in [1.807, 2.05) is 30.3 Å². The molecule has 0 saturated heterocycles. The van der Waals surface area contributed by atoms with Gasteiger partial charge in [0.2, 0.25) is 0 Å². The van der Waals surface area contributed by atoms with E-state index in [4.69, 9.17) is 4.52 Å². The van der Waals surface area contributed by atoms with Crippen molar-refractivity contribution in [1.82, 2.24) is 5.16 Å². The van der Waals surface area contributed by atoms with Gasteiger partial charge in [0.1, 0.15) is 5.69 Å². The van der Waals surface area contributed by atoms with Crippen LogP contribution in [0.2, 0.25) is 0 Å². The van der Waals surface area contributed by atoms with Gasteiger partial charge in [0.25, 0.3) is 0 Å². The highest BCUT2D eigenvalue weighted by molar-refractivity contribution is 6.34. The van der Waals surface area contributed by atoms with Crippen molar-refractivity contribution in [2.24, 2.45) is 0 Å². The van der Waals surface area contributed by atoms with E-state index in [9.17, 15) is 9.59 Å². The molecule has 3 rings (SSSR count). The third-order valence-electron chi connectivity index (χ3n) is 3.12. The lowest BCUT2D eigenvalue weighted by Crippen LogP contribution is -2.10. The number of nitrogens with zero attached hydrogens (tertiary/aromatic N) is 1. The molecule has 20 heavy (non-hydrogen) atoms. The molecule has 0 atom stereocenters. The van der Waals surface area contributed by atoms with Gasteiger partial charge in [-0.25, -0.2) is 0 Å². The summed E-state index contributed by atoms with van der Waals surface area (Å²) < 4.78 is 5.24. The topological polar surface area (TPSA) is 60.2 Å². The maximum Gasteiger partial charge on any atom is 0.188 e. The number of ketones is 2. The molecular weight excluding hydrogens is 254 g/mol. The molecule has 0 radical (unpaired) electrons. The van der Waals surface area contributed by atoms with Crippen LogP contribution in [0.15, 0.2) is 58.6 Å². The summed E-state index contributed by atoms with van der Waals surface area (Å²) in [6, 6.07) is 11.1. The Hall–Kier alpha value is -2.75. The third-order valence-corrected chi connectivity index (χ3v) is 3.12. The number of hydrogen-bond donors (Lipinski definition) is 0. The minimum absolute atomic E-state index is 0.177. The lowest BCUT2D eigenvalue weighted by molar-refractivity contribution is -0.114. The quantitative estimate of drug-likeness (QED) is 0.783. The number of rotatable bonds is 2. The van der Waals surface area contributed by atoms with Crippen LogP contribution in [0.4, 0.5) is 0 Å². The lowest BCUT2D eigenvalue weighted by Gasteiger charge is -2.05. The molecule has 0 N–H and O–H groups in total. The van der Waals surface area contributed by atoms with Crippen molar-refractivity contribution < 1.29 is 14.1 Å². The Morgan fingerprint density at radius 3 is 2.50 bits per heavy atom. The van der Waals surface area contributed by atoms with Crippen molar-refractivity contribution in [2.75, 3.05) is 0 Å². The number of hydrogen-bond acceptors (Lipinski definition) is 4. The molecule has 98 valence electrons. The van der Waals surface area contributed by atoms with Crippen molar-refractivity contribution in [3.63, 3.8) is 0 Å². The molecule has 1 aromatic carbocycles. The first-order valence-electron chi connectivity index (χ1n) is 6.16. The Balaban J connectivity index is 1.98. The van der Waals surface area contributed by atoms with Crippen LogP contribution in [-0.4, -0.2) is 16.7 Å². The Labute approximate surface area is 115 Å². The van der Waals surface area contributed by atoms with Crippen LogP contribution in [0.3, 0.4) is 0 Å². The number of carbonyl (C=O) groups excluding carboxylic acids is 2. The fourth-order valence-electron chi connectivity index (χ4n) is 2.00. The van der Waals surface area contributed by atoms with Crippen LogP contribution in [0.1, 0.15) is 12.6 Å². The molecule has 0 unspecified atom stereocenters. The van der Waals surface area contributed by atoms with Crippen molar-refractivity contribution in [1.29, 1.82) is 0 Å². The number of allylic oxidation sites excluding steroid dienone is 4. The number of aromatic nitrogens is 1. The van der Waals surface area contributed by atoms with E-state index < -0.39 is 0 Å². The summed E-state index contributed by atoms with van der Waals surface area (Å²) >= 11 is 0. The molecule has 1 heterocycles. The Morgan fingerprint density at radius 1 is 1.00 bits per heavy atom. The van der Waals surface area contributed by atoms with Crippen LogP contribution in [0, 0.1) is 0 Å². The van der Waals surface area contributed by atoms with Crippen LogP contribution >= 0.6 is 0 Å². The van der Waals surface area contributed by atoms with Gasteiger partial charge < -0.3 is 4.52 Å². The molecule has 0 aliphatic heterocycles. The van der Waals surface area contributed by atoms with Gasteiger partial charge in [0.05, 0.1) is 5.57 Å². The van der Waals surface area contributed by atoms with Gasteiger partial charge in [0, 0.05) is 17.2 Å². The zero-order valence-electron chi connectivity index (χ0n) is 10.8. The molecule has 0 amide bonds. The molecule has 1 aliphatic carbocycles. The van der Waals surface area contributed by atoms with Crippen LogP contribution < -0.4 is 0 Å². The standard InChI is InChI=1S/C16H11NO3/c1-10-7-15(19)12(8-14(10)18)13-9-16(20-17-13)11-5-3-2-4-6-11/h2-9H,1H3. The largest absolute Gasteiger partial charge is 0.356 e. The van der Waals surface area contributed by atoms with Crippen molar-refractivity contribution in [2.45, 2.75) is 6.92 Å². The molecule has 2 aromatic rings. The fraction of sp³-hybridized carbons (Fsp3) is 0.0625. The van der Waals surface area contributed by atoms with E-state index in [0.29, 0.717) is 17.0 Å². The van der Waals surface area contributed by atoms with E-state index in [-0.39, 0.29) is 17.1 Å². The summed E-state index contributed by atoms with van der Waals surface area (Å²) in [4.78, 5) is 23.6. The molecule has 0 spiro atoms. The minimum Gasteiger partial charge on any atom is -0.356 e. The number of carbonyl (C=O) groups is 2. The van der Waals surface area contributed by atoms with Gasteiger partial charge in [-0.05, 0) is 19.1 Å². The molecule has 4 heteroatoms. The predicted octanol–water partition coefficient (Wildman–Crippen LogP) is 2.82. The van der Waals surface area contributed by atoms with Gasteiger partial charge in [-0.3, -0.25) is 9.59 Å². The maximum absolute atomic E-state index is 11.9. The van der Waals surface area contributed by atoms with E-state index >= 15 is 0 Å². The van der Waals surface area contributed by atoms with E-state index in [0.717, 1.165) is 5.56 Å². The van der Waals surface area contributed by atoms with Gasteiger partial charge in [-0.15, -0.1) is 0 Å². The van der Waals surface area contributed by atoms with Crippen LogP contribution in [0.5, 0.6) is 0 Å². The van der Waals surface area contributed by atoms with Gasteiger partial charge >= 0.3 is 0 Å². The smallest absolute Gasteiger partial charge is 0.188 e. The molecule has 0 fully saturated rings. The maximum atomic E-state index is 11.9. The summed E-state index contributed by atoms with van der Waals surface area (Å²) in [7, 11) is 0. The zero-order valence-corrected chi connectivity index (χ0v) is 10.8. The average molecular weight is 265 g/mol. The van der Waals surface area contributed by atoms with E-state index in [1.54, 1.807) is 13.0 Å². The van der Waals surface area contributed by atoms with Crippen molar-refractivity contribution in [3.05, 3.63) is 59.8 Å². The predicted molar refractivity (Wildman–Crippen MR) is 73.7 cm³/mol. The first-order valence-corrected chi connectivity index (χ1v) is 6.16. The lowest BCUT2D eigenvalue weighted by atomic mass is 9.96. The highest BCUT2D eigenvalue weighted by Gasteiger charge is 2.21. The molecule has 1 aliphatic rings. The van der Waals surface area contributed by atoms with Crippen molar-refractivity contribution >= 4 is 17.1 Å². The second kappa shape index (κ2) is 4.74. The van der Waals surface area contributed by atoms with E-state index in [1.165, 1.54) is 12.2 Å². The highest BCUT2D eigenvalue weighted by Crippen LogP contribution is 2.26. The highest BCUT2D eigenvalue weighted by atomic mass is 16.5. The van der Waals surface area contributed by atoms with Gasteiger partial charge in [-0.2, -0.15) is 0 Å². The summed E-state index contributed by atoms with van der Waals surface area (Å²) in [6.07, 6.45) is 2.64. The first-order chi connectivity index (χ1) is 9.65.